The van der Waals surface area contributed by atoms with Crippen molar-refractivity contribution >= 4 is 17.7 Å². The van der Waals surface area contributed by atoms with E-state index in [-0.39, 0.29) is 0 Å². The molecule has 0 spiro atoms. The molecule has 0 radical (unpaired) electrons. The van der Waals surface area contributed by atoms with Gasteiger partial charge < -0.3 is 10.3 Å². The molecule has 0 saturated carbocycles. The minimum absolute atomic E-state index is 0.627. The summed E-state index contributed by atoms with van der Waals surface area (Å²) in [5, 5.41) is 0.654. The maximum absolute atomic E-state index is 5.70. The van der Waals surface area contributed by atoms with Crippen molar-refractivity contribution in [3.8, 4) is 0 Å². The Morgan fingerprint density at radius 3 is 2.85 bits per heavy atom. The number of rotatable bonds is 4. The van der Waals surface area contributed by atoms with E-state index in [1.807, 2.05) is 18.0 Å². The van der Waals surface area contributed by atoms with Crippen LogP contribution in [0, 0.1) is 0 Å². The van der Waals surface area contributed by atoms with Gasteiger partial charge in [-0.1, -0.05) is 13.8 Å². The topological polar surface area (TPSA) is 43.8 Å². The van der Waals surface area contributed by atoms with E-state index in [1.165, 1.54) is 5.69 Å². The van der Waals surface area contributed by atoms with E-state index in [4.69, 9.17) is 5.73 Å². The Kier molecular flexibility index (Phi) is 3.66. The summed E-state index contributed by atoms with van der Waals surface area (Å²) in [4.78, 5) is 4.09. The lowest BCUT2D eigenvalue weighted by Crippen LogP contribution is -2.04. The zero-order valence-electron chi connectivity index (χ0n) is 8.45. The van der Waals surface area contributed by atoms with Crippen LogP contribution in [0.2, 0.25) is 0 Å². The van der Waals surface area contributed by atoms with Gasteiger partial charge >= 0.3 is 0 Å². The third kappa shape index (κ3) is 2.66. The molecule has 1 aromatic heterocycles. The van der Waals surface area contributed by atoms with E-state index in [1.54, 1.807) is 0 Å². The molecule has 13 heavy (non-hydrogen) atoms. The van der Waals surface area contributed by atoms with E-state index in [2.05, 4.69) is 30.3 Å². The third-order valence-corrected chi connectivity index (χ3v) is 2.98. The molecule has 0 atom stereocenters. The maximum Gasteiger partial charge on any atom is 0.200 e. The summed E-state index contributed by atoms with van der Waals surface area (Å²) in [6.45, 7) is 7.38. The summed E-state index contributed by atoms with van der Waals surface area (Å²) in [7, 11) is 0. The molecule has 3 nitrogen and oxygen atoms in total. The van der Waals surface area contributed by atoms with Crippen LogP contribution < -0.4 is 5.73 Å². The van der Waals surface area contributed by atoms with E-state index in [0.29, 0.717) is 11.2 Å². The van der Waals surface area contributed by atoms with E-state index >= 15 is 0 Å². The minimum Gasteiger partial charge on any atom is -0.369 e. The second-order valence-corrected chi connectivity index (χ2v) is 4.78. The number of hydrogen-bond donors (Lipinski definition) is 1. The predicted molar refractivity (Wildman–Crippen MR) is 58.7 cm³/mol. The van der Waals surface area contributed by atoms with Crippen LogP contribution >= 0.6 is 11.8 Å². The molecule has 0 fully saturated rings. The van der Waals surface area contributed by atoms with Gasteiger partial charge in [-0.05, 0) is 12.2 Å². The average molecular weight is 199 g/mol. The quantitative estimate of drug-likeness (QED) is 0.808. The molecule has 1 rings (SSSR count). The second-order valence-electron chi connectivity index (χ2n) is 3.21. The molecule has 4 heteroatoms. The van der Waals surface area contributed by atoms with Crippen LogP contribution in [-0.2, 0) is 12.3 Å². The number of aromatic nitrogens is 2. The minimum atomic E-state index is 0.627. The van der Waals surface area contributed by atoms with Gasteiger partial charge in [-0.25, -0.2) is 4.98 Å². The highest BCUT2D eigenvalue weighted by molar-refractivity contribution is 7.99. The molecule has 0 aromatic carbocycles. The van der Waals surface area contributed by atoms with E-state index in [9.17, 15) is 0 Å². The van der Waals surface area contributed by atoms with Gasteiger partial charge in [-0.3, -0.25) is 0 Å². The lowest BCUT2D eigenvalue weighted by molar-refractivity contribution is 0.745. The highest BCUT2D eigenvalue weighted by atomic mass is 32.2. The number of thioether (sulfide) groups is 1. The molecule has 0 aliphatic carbocycles. The molecule has 0 amide bonds. The summed E-state index contributed by atoms with van der Waals surface area (Å²) in [6, 6.07) is 0. The lowest BCUT2D eigenvalue weighted by Gasteiger charge is -2.07. The number of nitrogens with zero attached hydrogens (tertiary/aromatic N) is 2. The van der Waals surface area contributed by atoms with Gasteiger partial charge in [0.2, 0.25) is 0 Å². The van der Waals surface area contributed by atoms with Gasteiger partial charge in [0.25, 0.3) is 0 Å². The Morgan fingerprint density at radius 1 is 1.62 bits per heavy atom. The van der Waals surface area contributed by atoms with Crippen LogP contribution in [0.4, 0.5) is 5.95 Å². The van der Waals surface area contributed by atoms with Crippen molar-refractivity contribution in [1.29, 1.82) is 0 Å². The average Bonchev–Trinajstić information content (AvgIpc) is 2.42. The standard InChI is InChI=1S/C9H17N3S/c1-4-12-8(5-11-9(12)10)6-13-7(2)3/h5,7H,4,6H2,1-3H3,(H2,10,11). The predicted octanol–water partition coefficient (Wildman–Crippen LogP) is 2.13. The van der Waals surface area contributed by atoms with Crippen molar-refractivity contribution in [2.24, 2.45) is 0 Å². The molecular weight excluding hydrogens is 182 g/mol. The summed E-state index contributed by atoms with van der Waals surface area (Å²) >= 11 is 1.91. The van der Waals surface area contributed by atoms with Gasteiger partial charge in [0.05, 0.1) is 6.20 Å². The van der Waals surface area contributed by atoms with Crippen molar-refractivity contribution in [3.05, 3.63) is 11.9 Å². The molecule has 1 aromatic rings. The van der Waals surface area contributed by atoms with Crippen LogP contribution in [0.3, 0.4) is 0 Å². The number of hydrogen-bond acceptors (Lipinski definition) is 3. The first-order valence-corrected chi connectivity index (χ1v) is 5.61. The largest absolute Gasteiger partial charge is 0.369 e. The van der Waals surface area contributed by atoms with Crippen LogP contribution in [0.15, 0.2) is 6.20 Å². The Balaban J connectivity index is 2.65. The fraction of sp³-hybridized carbons (Fsp3) is 0.667. The van der Waals surface area contributed by atoms with Crippen LogP contribution in [0.25, 0.3) is 0 Å². The first-order chi connectivity index (χ1) is 6.15. The molecule has 0 aliphatic rings. The van der Waals surface area contributed by atoms with Crippen LogP contribution in [-0.4, -0.2) is 14.8 Å². The Bertz CT molecular complexity index is 268. The van der Waals surface area contributed by atoms with Gasteiger partial charge in [0.1, 0.15) is 0 Å². The summed E-state index contributed by atoms with van der Waals surface area (Å²) < 4.78 is 2.05. The van der Waals surface area contributed by atoms with Crippen LogP contribution in [0.1, 0.15) is 26.5 Å². The summed E-state index contributed by atoms with van der Waals surface area (Å²) in [5.41, 5.74) is 6.92. The van der Waals surface area contributed by atoms with Crippen molar-refractivity contribution in [3.63, 3.8) is 0 Å². The zero-order valence-corrected chi connectivity index (χ0v) is 9.27. The van der Waals surface area contributed by atoms with Gasteiger partial charge in [-0.2, -0.15) is 11.8 Å². The molecule has 0 saturated heterocycles. The summed E-state index contributed by atoms with van der Waals surface area (Å²) in [5.74, 6) is 1.62. The first-order valence-electron chi connectivity index (χ1n) is 4.56. The van der Waals surface area contributed by atoms with E-state index in [0.717, 1.165) is 12.3 Å². The van der Waals surface area contributed by atoms with Gasteiger partial charge in [0.15, 0.2) is 5.95 Å². The number of anilines is 1. The molecule has 0 aliphatic heterocycles. The highest BCUT2D eigenvalue weighted by Gasteiger charge is 2.05. The second kappa shape index (κ2) is 4.56. The Morgan fingerprint density at radius 2 is 2.31 bits per heavy atom. The summed E-state index contributed by atoms with van der Waals surface area (Å²) in [6.07, 6.45) is 1.87. The molecular formula is C9H17N3S. The third-order valence-electron chi connectivity index (χ3n) is 1.85. The van der Waals surface area contributed by atoms with Gasteiger partial charge in [-0.15, -0.1) is 0 Å². The molecule has 2 N–H and O–H groups in total. The monoisotopic (exact) mass is 199 g/mol. The number of nitrogens with two attached hydrogens (primary N) is 1. The van der Waals surface area contributed by atoms with E-state index < -0.39 is 0 Å². The number of nitrogen functional groups attached to an aromatic ring is 1. The molecule has 0 bridgehead atoms. The zero-order chi connectivity index (χ0) is 9.84. The SMILES string of the molecule is CCn1c(CSC(C)C)cnc1N. The Labute approximate surface area is 83.7 Å². The van der Waals surface area contributed by atoms with Crippen molar-refractivity contribution < 1.29 is 0 Å². The number of imidazole rings is 1. The fourth-order valence-corrected chi connectivity index (χ4v) is 1.89. The maximum atomic E-state index is 5.70. The Hall–Kier alpha value is -0.640. The lowest BCUT2D eigenvalue weighted by atomic mass is 10.5. The van der Waals surface area contributed by atoms with Crippen molar-refractivity contribution in [2.75, 3.05) is 5.73 Å². The molecule has 1 heterocycles. The highest BCUT2D eigenvalue weighted by Crippen LogP contribution is 2.18. The normalized spacial score (nSPS) is 11.1. The van der Waals surface area contributed by atoms with Crippen LogP contribution in [0.5, 0.6) is 0 Å². The van der Waals surface area contributed by atoms with Crippen molar-refractivity contribution in [1.82, 2.24) is 9.55 Å². The van der Waals surface area contributed by atoms with Crippen molar-refractivity contribution in [2.45, 2.75) is 38.3 Å². The molecule has 0 unspecified atom stereocenters. The van der Waals surface area contributed by atoms with Gasteiger partial charge in [0, 0.05) is 18.0 Å². The fourth-order valence-electron chi connectivity index (χ4n) is 1.16. The molecule has 74 valence electrons. The smallest absolute Gasteiger partial charge is 0.200 e. The first kappa shape index (κ1) is 10.4.